The fourth-order valence-corrected chi connectivity index (χ4v) is 4.02. The molecular weight excluding hydrogens is 352 g/mol. The highest BCUT2D eigenvalue weighted by Gasteiger charge is 2.16. The molecular formula is C20H19ClN2OS. The van der Waals surface area contributed by atoms with E-state index in [-0.39, 0.29) is 5.91 Å². The van der Waals surface area contributed by atoms with Crippen molar-refractivity contribution in [2.75, 3.05) is 0 Å². The molecule has 0 bridgehead atoms. The fourth-order valence-electron chi connectivity index (χ4n) is 2.61. The minimum Gasteiger partial charge on any atom is -0.266 e. The first-order chi connectivity index (χ1) is 12.1. The van der Waals surface area contributed by atoms with Gasteiger partial charge in [0.15, 0.2) is 0 Å². The maximum absolute atomic E-state index is 12.4. The lowest BCUT2D eigenvalue weighted by molar-refractivity contribution is 0.0959. The molecule has 5 heteroatoms. The van der Waals surface area contributed by atoms with E-state index >= 15 is 0 Å². The van der Waals surface area contributed by atoms with Crippen LogP contribution in [-0.2, 0) is 6.42 Å². The summed E-state index contributed by atoms with van der Waals surface area (Å²) < 4.78 is 0.991. The van der Waals surface area contributed by atoms with Crippen molar-refractivity contribution in [1.29, 1.82) is 0 Å². The van der Waals surface area contributed by atoms with E-state index in [0.29, 0.717) is 9.90 Å². The summed E-state index contributed by atoms with van der Waals surface area (Å²) >= 11 is 7.71. The van der Waals surface area contributed by atoms with Crippen LogP contribution in [0.1, 0.15) is 41.1 Å². The zero-order valence-corrected chi connectivity index (χ0v) is 15.7. The number of nitrogens with zero attached hydrogens (tertiary/aromatic N) is 1. The van der Waals surface area contributed by atoms with E-state index in [1.165, 1.54) is 16.9 Å². The summed E-state index contributed by atoms with van der Waals surface area (Å²) in [5.41, 5.74) is 5.67. The van der Waals surface area contributed by atoms with Gasteiger partial charge < -0.3 is 0 Å². The standard InChI is InChI=1S/C20H19ClN2OS/c1-3-6-14-9-11-15(12-10-14)13(2)22-23-20(24)19-18(21)16-7-4-5-8-17(16)25-19/h4-5,7-12H,3,6H2,1-2H3,(H,23,24)/b22-13+. The van der Waals surface area contributed by atoms with Gasteiger partial charge in [-0.3, -0.25) is 4.79 Å². The first kappa shape index (κ1) is 17.6. The smallest absolute Gasteiger partial charge is 0.266 e. The van der Waals surface area contributed by atoms with Crippen LogP contribution < -0.4 is 5.43 Å². The highest BCUT2D eigenvalue weighted by Crippen LogP contribution is 2.34. The number of carbonyl (C=O) groups excluding carboxylic acids is 1. The second kappa shape index (κ2) is 7.81. The Balaban J connectivity index is 1.75. The fraction of sp³-hybridized carbons (Fsp3) is 0.200. The van der Waals surface area contributed by atoms with E-state index in [1.807, 2.05) is 43.3 Å². The average Bonchev–Trinajstić information content (AvgIpc) is 2.97. The van der Waals surface area contributed by atoms with Crippen molar-refractivity contribution in [3.05, 3.63) is 69.6 Å². The molecule has 0 fully saturated rings. The monoisotopic (exact) mass is 370 g/mol. The third kappa shape index (κ3) is 3.91. The summed E-state index contributed by atoms with van der Waals surface area (Å²) in [6.07, 6.45) is 2.19. The Morgan fingerprint density at radius 1 is 1.16 bits per heavy atom. The van der Waals surface area contributed by atoms with Crippen LogP contribution >= 0.6 is 22.9 Å². The van der Waals surface area contributed by atoms with Crippen molar-refractivity contribution in [3.63, 3.8) is 0 Å². The van der Waals surface area contributed by atoms with Crippen LogP contribution in [0.2, 0.25) is 5.02 Å². The molecule has 0 saturated heterocycles. The number of rotatable bonds is 5. The van der Waals surface area contributed by atoms with Gasteiger partial charge in [-0.2, -0.15) is 5.10 Å². The van der Waals surface area contributed by atoms with E-state index in [1.54, 1.807) is 0 Å². The molecule has 0 spiro atoms. The number of thiophene rings is 1. The van der Waals surface area contributed by atoms with Gasteiger partial charge in [0.1, 0.15) is 4.88 Å². The molecule has 25 heavy (non-hydrogen) atoms. The van der Waals surface area contributed by atoms with Crippen LogP contribution in [0.15, 0.2) is 53.6 Å². The molecule has 1 aromatic heterocycles. The molecule has 3 rings (SSSR count). The lowest BCUT2D eigenvalue weighted by Crippen LogP contribution is -2.18. The Labute approximate surface area is 156 Å². The van der Waals surface area contributed by atoms with E-state index < -0.39 is 0 Å². The van der Waals surface area contributed by atoms with E-state index in [0.717, 1.165) is 34.2 Å². The van der Waals surface area contributed by atoms with Gasteiger partial charge in [0.05, 0.1) is 10.7 Å². The molecule has 0 aliphatic carbocycles. The highest BCUT2D eigenvalue weighted by atomic mass is 35.5. The molecule has 0 radical (unpaired) electrons. The van der Waals surface area contributed by atoms with Crippen LogP contribution in [0, 0.1) is 0 Å². The molecule has 2 aromatic carbocycles. The summed E-state index contributed by atoms with van der Waals surface area (Å²) in [7, 11) is 0. The third-order valence-electron chi connectivity index (χ3n) is 3.98. The van der Waals surface area contributed by atoms with Crippen LogP contribution in [0.5, 0.6) is 0 Å². The zero-order chi connectivity index (χ0) is 17.8. The minimum atomic E-state index is -0.284. The molecule has 1 amide bonds. The van der Waals surface area contributed by atoms with Crippen molar-refractivity contribution >= 4 is 44.6 Å². The van der Waals surface area contributed by atoms with Crippen LogP contribution in [0.25, 0.3) is 10.1 Å². The van der Waals surface area contributed by atoms with Crippen LogP contribution in [0.4, 0.5) is 0 Å². The number of amides is 1. The topological polar surface area (TPSA) is 41.5 Å². The van der Waals surface area contributed by atoms with Gasteiger partial charge in [0, 0.05) is 10.1 Å². The van der Waals surface area contributed by atoms with E-state index in [2.05, 4.69) is 29.6 Å². The number of halogens is 1. The number of hydrogen-bond donors (Lipinski definition) is 1. The first-order valence-electron chi connectivity index (χ1n) is 8.21. The molecule has 3 aromatic rings. The number of nitrogens with one attached hydrogen (secondary N) is 1. The predicted octanol–water partition coefficient (Wildman–Crippen LogP) is 5.66. The van der Waals surface area contributed by atoms with Crippen molar-refractivity contribution in [1.82, 2.24) is 5.43 Å². The van der Waals surface area contributed by atoms with E-state index in [4.69, 9.17) is 11.6 Å². The Morgan fingerprint density at radius 3 is 2.56 bits per heavy atom. The van der Waals surface area contributed by atoms with Gasteiger partial charge >= 0.3 is 0 Å². The van der Waals surface area contributed by atoms with Crippen molar-refractivity contribution < 1.29 is 4.79 Å². The molecule has 0 atom stereocenters. The predicted molar refractivity (Wildman–Crippen MR) is 107 cm³/mol. The van der Waals surface area contributed by atoms with Crippen molar-refractivity contribution in [3.8, 4) is 0 Å². The number of aryl methyl sites for hydroxylation is 1. The number of fused-ring (bicyclic) bond motifs is 1. The molecule has 1 N–H and O–H groups in total. The Bertz CT molecular complexity index is 929. The third-order valence-corrected chi connectivity index (χ3v) is 5.65. The number of carbonyl (C=O) groups is 1. The van der Waals surface area contributed by atoms with Crippen LogP contribution in [0.3, 0.4) is 0 Å². The maximum Gasteiger partial charge on any atom is 0.283 e. The lowest BCUT2D eigenvalue weighted by atomic mass is 10.1. The van der Waals surface area contributed by atoms with Gasteiger partial charge in [-0.1, -0.05) is 67.4 Å². The zero-order valence-electron chi connectivity index (χ0n) is 14.2. The second-order valence-electron chi connectivity index (χ2n) is 5.83. The molecule has 0 aliphatic heterocycles. The van der Waals surface area contributed by atoms with E-state index in [9.17, 15) is 4.79 Å². The summed E-state index contributed by atoms with van der Waals surface area (Å²) in [4.78, 5) is 12.9. The first-order valence-corrected chi connectivity index (χ1v) is 9.40. The molecule has 0 aliphatic rings. The second-order valence-corrected chi connectivity index (χ2v) is 7.26. The van der Waals surface area contributed by atoms with Crippen LogP contribution in [-0.4, -0.2) is 11.6 Å². The number of hydrogen-bond acceptors (Lipinski definition) is 3. The molecule has 1 heterocycles. The van der Waals surface area contributed by atoms with Crippen molar-refractivity contribution in [2.45, 2.75) is 26.7 Å². The Morgan fingerprint density at radius 2 is 1.88 bits per heavy atom. The number of benzene rings is 2. The lowest BCUT2D eigenvalue weighted by Gasteiger charge is -2.04. The Kier molecular flexibility index (Phi) is 5.51. The summed E-state index contributed by atoms with van der Waals surface area (Å²) in [5, 5.41) is 5.60. The summed E-state index contributed by atoms with van der Waals surface area (Å²) in [6, 6.07) is 16.0. The normalized spacial score (nSPS) is 11.7. The maximum atomic E-state index is 12.4. The molecule has 0 saturated carbocycles. The average molecular weight is 371 g/mol. The van der Waals surface area contributed by atoms with Gasteiger partial charge in [-0.25, -0.2) is 5.43 Å². The largest absolute Gasteiger partial charge is 0.283 e. The van der Waals surface area contributed by atoms with Gasteiger partial charge in [-0.15, -0.1) is 11.3 Å². The molecule has 0 unspecified atom stereocenters. The Hall–Kier alpha value is -2.17. The summed E-state index contributed by atoms with van der Waals surface area (Å²) in [5.74, 6) is -0.284. The molecule has 3 nitrogen and oxygen atoms in total. The minimum absolute atomic E-state index is 0.284. The highest BCUT2D eigenvalue weighted by molar-refractivity contribution is 7.21. The molecule has 128 valence electrons. The number of hydrazone groups is 1. The van der Waals surface area contributed by atoms with Crippen molar-refractivity contribution in [2.24, 2.45) is 5.10 Å². The van der Waals surface area contributed by atoms with Gasteiger partial charge in [0.25, 0.3) is 5.91 Å². The summed E-state index contributed by atoms with van der Waals surface area (Å²) in [6.45, 7) is 4.04. The SMILES string of the molecule is CCCc1ccc(/C(C)=N/NC(=O)c2sc3ccccc3c2Cl)cc1. The van der Waals surface area contributed by atoms with Gasteiger partial charge in [-0.05, 0) is 30.5 Å². The quantitative estimate of drug-likeness (QED) is 0.456. The van der Waals surface area contributed by atoms with Gasteiger partial charge in [0.2, 0.25) is 0 Å².